The summed E-state index contributed by atoms with van der Waals surface area (Å²) in [4.78, 5) is 16.2. The van der Waals surface area contributed by atoms with Gasteiger partial charge < -0.3 is 9.47 Å². The number of rotatable bonds is 4. The highest BCUT2D eigenvalue weighted by molar-refractivity contribution is 9.10. The number of methoxy groups -OCH3 is 1. The standard InChI is InChI=1S/C18H14BrNO3/c1-22-15-8-4-13(5-9-15)11-17-20-16(18(21)23-17)10-12-2-6-14(19)7-3-12/h2-10H,11H2,1H3/b16-10+. The molecule has 0 saturated heterocycles. The van der Waals surface area contributed by atoms with Crippen molar-refractivity contribution in [3.8, 4) is 5.75 Å². The molecule has 0 bridgehead atoms. The van der Waals surface area contributed by atoms with Gasteiger partial charge in [-0.3, -0.25) is 0 Å². The number of esters is 1. The Morgan fingerprint density at radius 2 is 1.83 bits per heavy atom. The van der Waals surface area contributed by atoms with Gasteiger partial charge in [0.15, 0.2) is 5.70 Å². The van der Waals surface area contributed by atoms with Gasteiger partial charge in [0.1, 0.15) is 5.75 Å². The number of nitrogens with zero attached hydrogens (tertiary/aromatic N) is 1. The number of cyclic esters (lactones) is 1. The molecule has 0 atom stereocenters. The highest BCUT2D eigenvalue weighted by atomic mass is 79.9. The van der Waals surface area contributed by atoms with E-state index in [0.29, 0.717) is 18.0 Å². The van der Waals surface area contributed by atoms with Crippen LogP contribution in [0.4, 0.5) is 0 Å². The van der Waals surface area contributed by atoms with E-state index >= 15 is 0 Å². The van der Waals surface area contributed by atoms with Gasteiger partial charge in [0.05, 0.1) is 7.11 Å². The maximum atomic E-state index is 11.9. The largest absolute Gasteiger partial charge is 0.497 e. The Labute approximate surface area is 142 Å². The zero-order valence-corrected chi connectivity index (χ0v) is 14.0. The molecule has 0 amide bonds. The molecule has 1 aliphatic heterocycles. The highest BCUT2D eigenvalue weighted by Gasteiger charge is 2.22. The molecule has 1 aliphatic rings. The van der Waals surface area contributed by atoms with Crippen molar-refractivity contribution >= 4 is 33.9 Å². The summed E-state index contributed by atoms with van der Waals surface area (Å²) in [6.07, 6.45) is 2.18. The lowest BCUT2D eigenvalue weighted by atomic mass is 10.1. The quantitative estimate of drug-likeness (QED) is 0.602. The van der Waals surface area contributed by atoms with Crippen LogP contribution in [0.3, 0.4) is 0 Å². The second-order valence-corrected chi connectivity index (χ2v) is 5.92. The molecule has 2 aromatic rings. The van der Waals surface area contributed by atoms with Gasteiger partial charge in [0.2, 0.25) is 5.90 Å². The molecule has 1 heterocycles. The highest BCUT2D eigenvalue weighted by Crippen LogP contribution is 2.20. The number of hydrogen-bond acceptors (Lipinski definition) is 4. The Morgan fingerprint density at radius 3 is 2.48 bits per heavy atom. The first-order chi connectivity index (χ1) is 11.1. The number of halogens is 1. The number of hydrogen-bond donors (Lipinski definition) is 0. The van der Waals surface area contributed by atoms with Crippen molar-refractivity contribution in [3.63, 3.8) is 0 Å². The van der Waals surface area contributed by atoms with Crippen molar-refractivity contribution in [3.05, 3.63) is 69.8 Å². The predicted molar refractivity (Wildman–Crippen MR) is 92.3 cm³/mol. The van der Waals surface area contributed by atoms with Crippen LogP contribution in [-0.2, 0) is 16.0 Å². The minimum Gasteiger partial charge on any atom is -0.497 e. The summed E-state index contributed by atoms with van der Waals surface area (Å²) >= 11 is 3.38. The van der Waals surface area contributed by atoms with Crippen molar-refractivity contribution in [2.45, 2.75) is 6.42 Å². The second-order valence-electron chi connectivity index (χ2n) is 5.00. The molecule has 4 nitrogen and oxygen atoms in total. The number of carbonyl (C=O) groups excluding carboxylic acids is 1. The first kappa shape index (κ1) is 15.5. The fraction of sp³-hybridized carbons (Fsp3) is 0.111. The Hall–Kier alpha value is -2.40. The van der Waals surface area contributed by atoms with E-state index in [1.54, 1.807) is 13.2 Å². The first-order valence-electron chi connectivity index (χ1n) is 7.04. The maximum absolute atomic E-state index is 11.9. The Balaban J connectivity index is 1.76. The van der Waals surface area contributed by atoms with E-state index in [-0.39, 0.29) is 0 Å². The third kappa shape index (κ3) is 3.87. The number of benzene rings is 2. The van der Waals surface area contributed by atoms with E-state index in [0.717, 1.165) is 21.3 Å². The van der Waals surface area contributed by atoms with E-state index in [4.69, 9.17) is 9.47 Å². The molecule has 0 aliphatic carbocycles. The van der Waals surface area contributed by atoms with Gasteiger partial charge >= 0.3 is 5.97 Å². The molecule has 3 rings (SSSR count). The van der Waals surface area contributed by atoms with Gasteiger partial charge in [0, 0.05) is 10.9 Å². The zero-order valence-electron chi connectivity index (χ0n) is 12.5. The van der Waals surface area contributed by atoms with Crippen LogP contribution in [0.2, 0.25) is 0 Å². The van der Waals surface area contributed by atoms with E-state index < -0.39 is 5.97 Å². The van der Waals surface area contributed by atoms with Crippen LogP contribution in [0.15, 0.2) is 63.7 Å². The van der Waals surface area contributed by atoms with Crippen LogP contribution < -0.4 is 4.74 Å². The molecule has 0 unspecified atom stereocenters. The van der Waals surface area contributed by atoms with Gasteiger partial charge in [-0.05, 0) is 41.5 Å². The van der Waals surface area contributed by atoms with Crippen LogP contribution in [0, 0.1) is 0 Å². The number of aliphatic imine (C=N–C) groups is 1. The smallest absolute Gasteiger partial charge is 0.363 e. The lowest BCUT2D eigenvalue weighted by molar-refractivity contribution is -0.130. The van der Waals surface area contributed by atoms with Gasteiger partial charge in [0.25, 0.3) is 0 Å². The molecule has 0 saturated carbocycles. The summed E-state index contributed by atoms with van der Waals surface area (Å²) in [7, 11) is 1.62. The van der Waals surface area contributed by atoms with E-state index in [9.17, 15) is 4.79 Å². The normalized spacial score (nSPS) is 15.5. The predicted octanol–water partition coefficient (Wildman–Crippen LogP) is 4.00. The third-order valence-electron chi connectivity index (χ3n) is 3.35. The average Bonchev–Trinajstić information content (AvgIpc) is 2.90. The summed E-state index contributed by atoms with van der Waals surface area (Å²) in [5, 5.41) is 0. The number of carbonyl (C=O) groups is 1. The summed E-state index contributed by atoms with van der Waals surface area (Å²) in [5.74, 6) is 0.773. The van der Waals surface area contributed by atoms with Crippen LogP contribution >= 0.6 is 15.9 Å². The van der Waals surface area contributed by atoms with Crippen molar-refractivity contribution in [1.29, 1.82) is 0 Å². The lowest BCUT2D eigenvalue weighted by Crippen LogP contribution is -2.06. The topological polar surface area (TPSA) is 47.9 Å². The van der Waals surface area contributed by atoms with Crippen LogP contribution in [0.5, 0.6) is 5.75 Å². The van der Waals surface area contributed by atoms with Crippen LogP contribution in [0.25, 0.3) is 6.08 Å². The molecule has 2 aromatic carbocycles. The Morgan fingerprint density at radius 1 is 1.13 bits per heavy atom. The fourth-order valence-corrected chi connectivity index (χ4v) is 2.43. The fourth-order valence-electron chi connectivity index (χ4n) is 2.16. The maximum Gasteiger partial charge on any atom is 0.363 e. The van der Waals surface area contributed by atoms with Crippen molar-refractivity contribution in [2.75, 3.05) is 7.11 Å². The van der Waals surface area contributed by atoms with E-state index in [1.807, 2.05) is 48.5 Å². The van der Waals surface area contributed by atoms with Crippen molar-refractivity contribution in [1.82, 2.24) is 0 Å². The molecular formula is C18H14BrNO3. The van der Waals surface area contributed by atoms with Crippen LogP contribution in [-0.4, -0.2) is 19.0 Å². The Bertz CT molecular complexity index is 777. The molecule has 0 N–H and O–H groups in total. The minimum absolute atomic E-state index is 0.316. The summed E-state index contributed by atoms with van der Waals surface area (Å²) in [5.41, 5.74) is 2.22. The summed E-state index contributed by atoms with van der Waals surface area (Å²) in [6, 6.07) is 15.2. The SMILES string of the molecule is COc1ccc(CC2=N/C(=C/c3ccc(Br)cc3)C(=O)O2)cc1. The molecule has 23 heavy (non-hydrogen) atoms. The molecular weight excluding hydrogens is 358 g/mol. The number of ether oxygens (including phenoxy) is 2. The summed E-state index contributed by atoms with van der Waals surface area (Å²) in [6.45, 7) is 0. The van der Waals surface area contributed by atoms with Gasteiger partial charge in [-0.15, -0.1) is 0 Å². The van der Waals surface area contributed by atoms with E-state index in [2.05, 4.69) is 20.9 Å². The van der Waals surface area contributed by atoms with Gasteiger partial charge in [-0.2, -0.15) is 0 Å². The Kier molecular flexibility index (Phi) is 4.57. The molecule has 0 fully saturated rings. The monoisotopic (exact) mass is 371 g/mol. The van der Waals surface area contributed by atoms with Crippen LogP contribution in [0.1, 0.15) is 11.1 Å². The first-order valence-corrected chi connectivity index (χ1v) is 7.83. The second kappa shape index (κ2) is 6.79. The molecule has 0 radical (unpaired) electrons. The van der Waals surface area contributed by atoms with Gasteiger partial charge in [-0.1, -0.05) is 40.2 Å². The molecule has 0 aromatic heterocycles. The minimum atomic E-state index is -0.420. The lowest BCUT2D eigenvalue weighted by Gasteiger charge is -2.02. The van der Waals surface area contributed by atoms with Gasteiger partial charge in [-0.25, -0.2) is 9.79 Å². The average molecular weight is 372 g/mol. The van der Waals surface area contributed by atoms with Crippen molar-refractivity contribution in [2.24, 2.45) is 4.99 Å². The van der Waals surface area contributed by atoms with Crippen molar-refractivity contribution < 1.29 is 14.3 Å². The molecule has 0 spiro atoms. The molecule has 5 heteroatoms. The third-order valence-corrected chi connectivity index (χ3v) is 3.88. The summed E-state index contributed by atoms with van der Waals surface area (Å²) < 4.78 is 11.3. The van der Waals surface area contributed by atoms with E-state index in [1.165, 1.54) is 0 Å². The zero-order chi connectivity index (χ0) is 16.2. The molecule has 116 valence electrons.